The van der Waals surface area contributed by atoms with Crippen LogP contribution in [0.1, 0.15) is 53.8 Å². The minimum atomic E-state index is -0.144. The second-order valence-corrected chi connectivity index (χ2v) is 6.53. The highest BCUT2D eigenvalue weighted by Crippen LogP contribution is 2.21. The van der Waals surface area contributed by atoms with E-state index >= 15 is 0 Å². The Balaban J connectivity index is 1.66. The molecule has 1 aliphatic rings. The number of nitrogens with one attached hydrogen (secondary N) is 1. The molecule has 0 radical (unpaired) electrons. The molecular weight excluding hydrogens is 332 g/mol. The van der Waals surface area contributed by atoms with Gasteiger partial charge in [-0.15, -0.1) is 10.2 Å². The molecule has 0 bridgehead atoms. The lowest BCUT2D eigenvalue weighted by atomic mass is 10.0. The molecule has 0 spiro atoms. The van der Waals surface area contributed by atoms with Gasteiger partial charge in [-0.1, -0.05) is 6.42 Å². The van der Waals surface area contributed by atoms with E-state index in [2.05, 4.69) is 20.1 Å². The lowest BCUT2D eigenvalue weighted by Gasteiger charge is -2.11. The lowest BCUT2D eigenvalue weighted by Crippen LogP contribution is -2.26. The van der Waals surface area contributed by atoms with E-state index in [1.54, 1.807) is 25.3 Å². The van der Waals surface area contributed by atoms with Gasteiger partial charge in [0, 0.05) is 24.1 Å². The number of ketones is 1. The third-order valence-corrected chi connectivity index (χ3v) is 4.67. The third-order valence-electron chi connectivity index (χ3n) is 4.67. The van der Waals surface area contributed by atoms with E-state index in [-0.39, 0.29) is 18.1 Å². The highest BCUT2D eigenvalue weighted by Gasteiger charge is 2.16. The van der Waals surface area contributed by atoms with Gasteiger partial charge in [0.15, 0.2) is 11.6 Å². The second-order valence-electron chi connectivity index (χ2n) is 6.53. The van der Waals surface area contributed by atoms with Crippen LogP contribution in [0.15, 0.2) is 18.2 Å². The molecule has 0 fully saturated rings. The van der Waals surface area contributed by atoms with Crippen molar-refractivity contribution in [1.82, 2.24) is 20.1 Å². The van der Waals surface area contributed by atoms with Gasteiger partial charge in [0.2, 0.25) is 5.91 Å². The smallest absolute Gasteiger partial charge is 0.224 e. The molecule has 0 saturated carbocycles. The van der Waals surface area contributed by atoms with Crippen LogP contribution in [0, 0.1) is 0 Å². The van der Waals surface area contributed by atoms with Crippen LogP contribution in [0.2, 0.25) is 0 Å². The summed E-state index contributed by atoms with van der Waals surface area (Å²) in [5.41, 5.74) is 1.26. The van der Waals surface area contributed by atoms with Gasteiger partial charge in [-0.3, -0.25) is 9.59 Å². The van der Waals surface area contributed by atoms with Gasteiger partial charge in [0.05, 0.1) is 20.1 Å². The molecule has 138 valence electrons. The number of hydrogen-bond acceptors (Lipinski definition) is 5. The van der Waals surface area contributed by atoms with E-state index in [1.807, 2.05) is 0 Å². The summed E-state index contributed by atoms with van der Waals surface area (Å²) in [6.07, 6.45) is 4.53. The molecule has 1 aromatic carbocycles. The number of methoxy groups -OCH3 is 1. The number of benzene rings is 1. The number of Topliss-reactive ketones (excluding diaryl/α,β-unsaturated/α-hetero) is 1. The molecule has 26 heavy (non-hydrogen) atoms. The number of ether oxygens (including phenoxy) is 1. The molecule has 0 saturated heterocycles. The van der Waals surface area contributed by atoms with Crippen LogP contribution in [0.25, 0.3) is 0 Å². The number of fused-ring (bicyclic) bond motifs is 1. The Morgan fingerprint density at radius 2 is 2.08 bits per heavy atom. The molecular formula is C19H24N4O3. The first-order chi connectivity index (χ1) is 12.6. The zero-order chi connectivity index (χ0) is 18.5. The maximum atomic E-state index is 12.4. The number of carbonyl (C=O) groups excluding carboxylic acids is 2. The molecule has 7 nitrogen and oxygen atoms in total. The lowest BCUT2D eigenvalue weighted by molar-refractivity contribution is -0.120. The monoisotopic (exact) mass is 356 g/mol. The predicted octanol–water partition coefficient (Wildman–Crippen LogP) is 2.07. The van der Waals surface area contributed by atoms with Crippen LogP contribution in [0.3, 0.4) is 0 Å². The summed E-state index contributed by atoms with van der Waals surface area (Å²) >= 11 is 0. The predicted molar refractivity (Wildman–Crippen MR) is 96.1 cm³/mol. The number of carbonyl (C=O) groups is 2. The van der Waals surface area contributed by atoms with Crippen molar-refractivity contribution < 1.29 is 14.3 Å². The Kier molecular flexibility index (Phi) is 5.65. The standard InChI is InChI=1S/C19H24N4O3/c1-13(24)14-7-8-16(26-2)15(10-14)11-19(25)20-12-18-22-21-17-6-4-3-5-9-23(17)18/h7-8,10H,3-6,9,11-12H2,1-2H3,(H,20,25). The highest BCUT2D eigenvalue weighted by atomic mass is 16.5. The van der Waals surface area contributed by atoms with E-state index in [4.69, 9.17) is 4.74 Å². The maximum absolute atomic E-state index is 12.4. The third kappa shape index (κ3) is 4.09. The van der Waals surface area contributed by atoms with E-state index < -0.39 is 0 Å². The topological polar surface area (TPSA) is 86.1 Å². The summed E-state index contributed by atoms with van der Waals surface area (Å²) < 4.78 is 7.42. The molecule has 7 heteroatoms. The van der Waals surface area contributed by atoms with Crippen LogP contribution in [-0.2, 0) is 30.7 Å². The molecule has 0 atom stereocenters. The van der Waals surface area contributed by atoms with Crippen molar-refractivity contribution in [2.24, 2.45) is 0 Å². The molecule has 2 aromatic rings. The molecule has 1 N–H and O–H groups in total. The number of rotatable bonds is 6. The van der Waals surface area contributed by atoms with Gasteiger partial charge in [-0.2, -0.15) is 0 Å². The number of hydrogen-bond donors (Lipinski definition) is 1. The molecule has 0 aliphatic carbocycles. The van der Waals surface area contributed by atoms with Crippen molar-refractivity contribution in [3.8, 4) is 5.75 Å². The minimum absolute atomic E-state index is 0.0412. The molecule has 3 rings (SSSR count). The summed E-state index contributed by atoms with van der Waals surface area (Å²) in [5, 5.41) is 11.4. The van der Waals surface area contributed by atoms with Crippen molar-refractivity contribution >= 4 is 11.7 Å². The van der Waals surface area contributed by atoms with Crippen molar-refractivity contribution in [2.45, 2.75) is 52.1 Å². The fraction of sp³-hybridized carbons (Fsp3) is 0.474. The summed E-state index contributed by atoms with van der Waals surface area (Å²) in [5.74, 6) is 2.21. The highest BCUT2D eigenvalue weighted by molar-refractivity contribution is 5.94. The molecule has 0 unspecified atom stereocenters. The fourth-order valence-electron chi connectivity index (χ4n) is 3.22. The van der Waals surface area contributed by atoms with Gasteiger partial charge >= 0.3 is 0 Å². The first-order valence-corrected chi connectivity index (χ1v) is 8.94. The van der Waals surface area contributed by atoms with Gasteiger partial charge < -0.3 is 14.6 Å². The normalized spacial score (nSPS) is 13.6. The zero-order valence-corrected chi connectivity index (χ0v) is 15.2. The number of aromatic nitrogens is 3. The molecule has 1 aliphatic heterocycles. The van der Waals surface area contributed by atoms with Crippen molar-refractivity contribution in [2.75, 3.05) is 7.11 Å². The number of aryl methyl sites for hydroxylation is 1. The van der Waals surface area contributed by atoms with Gasteiger partial charge in [0.1, 0.15) is 11.6 Å². The van der Waals surface area contributed by atoms with Gasteiger partial charge in [0.25, 0.3) is 0 Å². The fourth-order valence-corrected chi connectivity index (χ4v) is 3.22. The quantitative estimate of drug-likeness (QED) is 0.801. The minimum Gasteiger partial charge on any atom is -0.496 e. The maximum Gasteiger partial charge on any atom is 0.224 e. The van der Waals surface area contributed by atoms with Crippen molar-refractivity contribution in [3.63, 3.8) is 0 Å². The first kappa shape index (κ1) is 18.1. The first-order valence-electron chi connectivity index (χ1n) is 8.94. The van der Waals surface area contributed by atoms with Crippen molar-refractivity contribution in [3.05, 3.63) is 41.0 Å². The Bertz CT molecular complexity index is 813. The van der Waals surface area contributed by atoms with E-state index in [9.17, 15) is 9.59 Å². The van der Waals surface area contributed by atoms with Crippen LogP contribution < -0.4 is 10.1 Å². The van der Waals surface area contributed by atoms with Gasteiger partial charge in [-0.05, 0) is 38.0 Å². The molecule has 2 heterocycles. The molecule has 1 aromatic heterocycles. The Labute approximate surface area is 152 Å². The summed E-state index contributed by atoms with van der Waals surface area (Å²) in [7, 11) is 1.55. The largest absolute Gasteiger partial charge is 0.496 e. The van der Waals surface area contributed by atoms with Crippen LogP contribution in [0.5, 0.6) is 5.75 Å². The average molecular weight is 356 g/mol. The summed E-state index contributed by atoms with van der Waals surface area (Å²) in [6, 6.07) is 5.13. The van der Waals surface area contributed by atoms with E-state index in [1.165, 1.54) is 13.3 Å². The van der Waals surface area contributed by atoms with Gasteiger partial charge in [-0.25, -0.2) is 0 Å². The average Bonchev–Trinajstić information content (AvgIpc) is 2.86. The Morgan fingerprint density at radius 1 is 1.23 bits per heavy atom. The van der Waals surface area contributed by atoms with E-state index in [0.717, 1.165) is 37.5 Å². The van der Waals surface area contributed by atoms with Crippen LogP contribution in [-0.4, -0.2) is 33.6 Å². The summed E-state index contributed by atoms with van der Waals surface area (Å²) in [6.45, 7) is 2.76. The second kappa shape index (κ2) is 8.12. The Morgan fingerprint density at radius 3 is 2.85 bits per heavy atom. The molecule has 1 amide bonds. The Hall–Kier alpha value is -2.70. The van der Waals surface area contributed by atoms with Crippen molar-refractivity contribution in [1.29, 1.82) is 0 Å². The summed E-state index contributed by atoms with van der Waals surface area (Å²) in [4.78, 5) is 24.0. The SMILES string of the molecule is COc1ccc(C(C)=O)cc1CC(=O)NCc1nnc2n1CCCCC2. The number of nitrogens with zero attached hydrogens (tertiary/aromatic N) is 3. The van der Waals surface area contributed by atoms with E-state index in [0.29, 0.717) is 23.4 Å². The van der Waals surface area contributed by atoms with Crippen LogP contribution in [0.4, 0.5) is 0 Å². The van der Waals surface area contributed by atoms with Crippen LogP contribution >= 0.6 is 0 Å². The zero-order valence-electron chi connectivity index (χ0n) is 15.2. The number of amides is 1.